The summed E-state index contributed by atoms with van der Waals surface area (Å²) in [6, 6.07) is 20.8. The first-order valence-corrected chi connectivity index (χ1v) is 9.60. The summed E-state index contributed by atoms with van der Waals surface area (Å²) in [6.07, 6.45) is 0.790. The van der Waals surface area contributed by atoms with Crippen molar-refractivity contribution in [1.29, 1.82) is 0 Å². The number of hydrogen-bond acceptors (Lipinski definition) is 1. The van der Waals surface area contributed by atoms with Crippen LogP contribution >= 0.6 is 0 Å². The van der Waals surface area contributed by atoms with Crippen LogP contribution < -0.4 is 10.4 Å². The second kappa shape index (κ2) is 7.79. The molecule has 1 nitrogen and oxygen atoms in total. The molecule has 0 aromatic heterocycles. The molecule has 2 heteroatoms. The molecular formula is C20H22OSi. The minimum absolute atomic E-state index is 0.0740. The molecule has 1 atom stereocenters. The maximum atomic E-state index is 6.60. The van der Waals surface area contributed by atoms with E-state index in [4.69, 9.17) is 4.43 Å². The van der Waals surface area contributed by atoms with Gasteiger partial charge in [0.05, 0.1) is 0 Å². The molecule has 0 N–H and O–H groups in total. The van der Waals surface area contributed by atoms with Crippen molar-refractivity contribution >= 4 is 18.7 Å². The molecule has 2 aromatic rings. The molecule has 0 bridgehead atoms. The molecule has 2 rings (SSSR count). The van der Waals surface area contributed by atoms with Gasteiger partial charge < -0.3 is 4.43 Å². The van der Waals surface area contributed by atoms with Crippen LogP contribution in [0.2, 0.25) is 0 Å². The summed E-state index contributed by atoms with van der Waals surface area (Å²) >= 11 is 0. The third-order valence-electron chi connectivity index (χ3n) is 3.70. The fraction of sp³-hybridized carbons (Fsp3) is 0.200. The van der Waals surface area contributed by atoms with E-state index in [0.29, 0.717) is 0 Å². The molecule has 0 spiro atoms. The van der Waals surface area contributed by atoms with Crippen molar-refractivity contribution in [3.8, 4) is 11.8 Å². The van der Waals surface area contributed by atoms with Gasteiger partial charge in [0, 0.05) is 0 Å². The predicted octanol–water partition coefficient (Wildman–Crippen LogP) is 3.29. The van der Waals surface area contributed by atoms with Gasteiger partial charge in [0.1, 0.15) is 6.10 Å². The summed E-state index contributed by atoms with van der Waals surface area (Å²) in [7, 11) is -2.48. The minimum Gasteiger partial charge on any atom is -0.391 e. The van der Waals surface area contributed by atoms with Crippen molar-refractivity contribution in [1.82, 2.24) is 0 Å². The lowest BCUT2D eigenvalue weighted by Crippen LogP contribution is -2.61. The number of benzene rings is 2. The largest absolute Gasteiger partial charge is 0.391 e. The maximum absolute atomic E-state index is 6.60. The van der Waals surface area contributed by atoms with Gasteiger partial charge in [-0.15, -0.1) is 12.5 Å². The van der Waals surface area contributed by atoms with Crippen molar-refractivity contribution in [3.63, 3.8) is 0 Å². The lowest BCUT2D eigenvalue weighted by atomic mass is 10.3. The van der Waals surface area contributed by atoms with Gasteiger partial charge in [-0.25, -0.2) is 0 Å². The average molecular weight is 306 g/mol. The molecule has 1 unspecified atom stereocenters. The zero-order valence-corrected chi connectivity index (χ0v) is 14.3. The lowest BCUT2D eigenvalue weighted by Gasteiger charge is -2.31. The lowest BCUT2D eigenvalue weighted by molar-refractivity contribution is 0.256. The summed E-state index contributed by atoms with van der Waals surface area (Å²) in [5.74, 6) is 6.16. The van der Waals surface area contributed by atoms with Crippen molar-refractivity contribution in [2.24, 2.45) is 0 Å². The summed E-state index contributed by atoms with van der Waals surface area (Å²) < 4.78 is 6.60. The van der Waals surface area contributed by atoms with Gasteiger partial charge in [-0.05, 0) is 23.7 Å². The first kappa shape index (κ1) is 16.3. The van der Waals surface area contributed by atoms with E-state index < -0.39 is 8.32 Å². The van der Waals surface area contributed by atoms with E-state index in [2.05, 4.69) is 73.9 Å². The van der Waals surface area contributed by atoms with E-state index in [0.717, 1.165) is 6.42 Å². The fourth-order valence-corrected chi connectivity index (χ4v) is 5.78. The van der Waals surface area contributed by atoms with Gasteiger partial charge in [0.25, 0.3) is 8.32 Å². The summed E-state index contributed by atoms with van der Waals surface area (Å²) in [6.45, 7) is 8.08. The van der Waals surface area contributed by atoms with Gasteiger partial charge in [0.15, 0.2) is 0 Å². The molecule has 0 fully saturated rings. The van der Waals surface area contributed by atoms with Gasteiger partial charge in [-0.3, -0.25) is 0 Å². The Kier molecular flexibility index (Phi) is 5.77. The normalized spacial score (nSPS) is 12.1. The molecule has 0 aliphatic carbocycles. The van der Waals surface area contributed by atoms with Crippen molar-refractivity contribution < 1.29 is 4.43 Å². The molecule has 2 aromatic carbocycles. The van der Waals surface area contributed by atoms with Crippen molar-refractivity contribution in [2.45, 2.75) is 26.4 Å². The number of rotatable bonds is 6. The average Bonchev–Trinajstić information content (AvgIpc) is 2.60. The molecule has 0 heterocycles. The topological polar surface area (TPSA) is 9.23 Å². The minimum atomic E-state index is -2.48. The Hall–Kier alpha value is -2.08. The molecule has 0 aliphatic rings. The first-order valence-electron chi connectivity index (χ1n) is 7.61. The van der Waals surface area contributed by atoms with Gasteiger partial charge in [0.2, 0.25) is 0 Å². The van der Waals surface area contributed by atoms with E-state index in [1.165, 1.54) is 10.4 Å². The molecule has 0 saturated heterocycles. The Bertz CT molecular complexity index is 613. The van der Waals surface area contributed by atoms with Crippen LogP contribution in [-0.2, 0) is 4.43 Å². The molecule has 0 amide bonds. The quantitative estimate of drug-likeness (QED) is 0.588. The highest BCUT2D eigenvalue weighted by atomic mass is 28.4. The first-order chi connectivity index (χ1) is 10.8. The van der Waals surface area contributed by atoms with Crippen LogP contribution in [0.4, 0.5) is 0 Å². The molecule has 0 saturated carbocycles. The second-order valence-corrected chi connectivity index (χ2v) is 8.35. The maximum Gasteiger partial charge on any atom is 0.281 e. The highest BCUT2D eigenvalue weighted by Gasteiger charge is 2.38. The monoisotopic (exact) mass is 306 g/mol. The third-order valence-corrected chi connectivity index (χ3v) is 7.31. The Morgan fingerprint density at radius 1 is 1.05 bits per heavy atom. The Morgan fingerprint density at radius 3 is 1.91 bits per heavy atom. The van der Waals surface area contributed by atoms with Crippen LogP contribution in [0.3, 0.4) is 0 Å². The summed E-state index contributed by atoms with van der Waals surface area (Å²) in [4.78, 5) is 0. The Labute approximate surface area is 134 Å². The standard InChI is InChI=1S/C20H22OSi/c1-4-13-18(5-2)21-22(6-3,19-14-9-7-10-15-19)20-16-11-8-12-17-20/h6-12,14-18H,3,5H2,1-2H3. The van der Waals surface area contributed by atoms with Gasteiger partial charge in [-0.1, -0.05) is 79.2 Å². The van der Waals surface area contributed by atoms with Crippen LogP contribution in [-0.4, -0.2) is 14.4 Å². The molecular weight excluding hydrogens is 284 g/mol. The van der Waals surface area contributed by atoms with Gasteiger partial charge in [-0.2, -0.15) is 0 Å². The number of hydrogen-bond donors (Lipinski definition) is 0. The predicted molar refractivity (Wildman–Crippen MR) is 96.7 cm³/mol. The fourth-order valence-electron chi connectivity index (χ4n) is 2.56. The SMILES string of the molecule is C=C[Si](OC(C#CC)CC)(c1ccccc1)c1ccccc1. The molecule has 0 radical (unpaired) electrons. The Morgan fingerprint density at radius 2 is 1.55 bits per heavy atom. The van der Waals surface area contributed by atoms with Crippen LogP contribution in [0.15, 0.2) is 72.9 Å². The van der Waals surface area contributed by atoms with E-state index in [1.54, 1.807) is 0 Å². The highest BCUT2D eigenvalue weighted by molar-refractivity contribution is 7.01. The summed E-state index contributed by atoms with van der Waals surface area (Å²) in [5, 5.41) is 2.40. The second-order valence-electron chi connectivity index (χ2n) is 5.08. The van der Waals surface area contributed by atoms with Crippen LogP contribution in [0.5, 0.6) is 0 Å². The summed E-state index contributed by atoms with van der Waals surface area (Å²) in [5.41, 5.74) is 2.01. The van der Waals surface area contributed by atoms with Crippen LogP contribution in [0.1, 0.15) is 20.3 Å². The van der Waals surface area contributed by atoms with Crippen molar-refractivity contribution in [3.05, 3.63) is 72.9 Å². The van der Waals surface area contributed by atoms with Gasteiger partial charge >= 0.3 is 0 Å². The molecule has 0 aliphatic heterocycles. The zero-order chi connectivity index (χ0) is 15.8. The highest BCUT2D eigenvalue weighted by Crippen LogP contribution is 2.13. The van der Waals surface area contributed by atoms with E-state index in [9.17, 15) is 0 Å². The van der Waals surface area contributed by atoms with Crippen LogP contribution in [0.25, 0.3) is 0 Å². The van der Waals surface area contributed by atoms with E-state index in [1.807, 2.05) is 24.8 Å². The van der Waals surface area contributed by atoms with E-state index >= 15 is 0 Å². The van der Waals surface area contributed by atoms with Crippen LogP contribution in [0, 0.1) is 11.8 Å². The smallest absolute Gasteiger partial charge is 0.281 e. The van der Waals surface area contributed by atoms with Crippen molar-refractivity contribution in [2.75, 3.05) is 0 Å². The molecule has 22 heavy (non-hydrogen) atoms. The zero-order valence-electron chi connectivity index (χ0n) is 13.3. The third kappa shape index (κ3) is 3.39. The molecule has 112 valence electrons. The Balaban J connectivity index is 2.56. The van der Waals surface area contributed by atoms with E-state index in [-0.39, 0.29) is 6.10 Å².